The van der Waals surface area contributed by atoms with Crippen LogP contribution in [0.15, 0.2) is 42.7 Å². The number of nitrogens with one attached hydrogen (secondary N) is 2. The van der Waals surface area contributed by atoms with E-state index in [4.69, 9.17) is 0 Å². The first kappa shape index (κ1) is 19.3. The van der Waals surface area contributed by atoms with Crippen molar-refractivity contribution in [3.8, 4) is 0 Å². The number of anilines is 2. The van der Waals surface area contributed by atoms with Gasteiger partial charge in [0.15, 0.2) is 0 Å². The number of carbonyl (C=O) groups is 2. The van der Waals surface area contributed by atoms with Gasteiger partial charge in [0.2, 0.25) is 11.7 Å². The molecule has 2 aromatic carbocycles. The molecule has 2 amide bonds. The Bertz CT molecular complexity index is 1040. The first-order chi connectivity index (χ1) is 13.3. The van der Waals surface area contributed by atoms with E-state index >= 15 is 0 Å². The van der Waals surface area contributed by atoms with Gasteiger partial charge >= 0.3 is 0 Å². The average Bonchev–Trinajstić information content (AvgIpc) is 3.10. The SMILES string of the molecule is Cc1ccc(NC(=O)Cn2cnc(C(=O)Nc3ccc(C)c(C)c3)n2)cc1C. The van der Waals surface area contributed by atoms with Gasteiger partial charge in [0.05, 0.1) is 0 Å². The summed E-state index contributed by atoms with van der Waals surface area (Å²) in [6, 6.07) is 11.4. The molecule has 0 spiro atoms. The predicted octanol–water partition coefficient (Wildman–Crippen LogP) is 3.40. The minimum absolute atomic E-state index is 0.0113. The summed E-state index contributed by atoms with van der Waals surface area (Å²) in [6.45, 7) is 7.96. The molecule has 0 saturated heterocycles. The number of amides is 2. The molecule has 0 fully saturated rings. The smallest absolute Gasteiger partial charge is 0.295 e. The molecule has 0 unspecified atom stereocenters. The van der Waals surface area contributed by atoms with Crippen LogP contribution in [0.25, 0.3) is 0 Å². The molecular formula is C21H23N5O2. The zero-order valence-corrected chi connectivity index (χ0v) is 16.4. The first-order valence-corrected chi connectivity index (χ1v) is 8.97. The molecule has 0 bridgehead atoms. The molecule has 3 rings (SSSR count). The molecule has 7 nitrogen and oxygen atoms in total. The second kappa shape index (κ2) is 8.04. The number of benzene rings is 2. The zero-order chi connectivity index (χ0) is 20.3. The van der Waals surface area contributed by atoms with Crippen molar-refractivity contribution in [1.82, 2.24) is 14.8 Å². The molecule has 1 heterocycles. The zero-order valence-electron chi connectivity index (χ0n) is 16.4. The molecule has 7 heteroatoms. The largest absolute Gasteiger partial charge is 0.324 e. The predicted molar refractivity (Wildman–Crippen MR) is 108 cm³/mol. The van der Waals surface area contributed by atoms with E-state index in [1.165, 1.54) is 11.0 Å². The summed E-state index contributed by atoms with van der Waals surface area (Å²) >= 11 is 0. The molecule has 0 radical (unpaired) electrons. The van der Waals surface area contributed by atoms with E-state index in [0.717, 1.165) is 27.9 Å². The Labute approximate surface area is 163 Å². The molecule has 144 valence electrons. The van der Waals surface area contributed by atoms with Gasteiger partial charge in [-0.05, 0) is 74.2 Å². The minimum atomic E-state index is -0.420. The fraction of sp³-hybridized carbons (Fsp3) is 0.238. The van der Waals surface area contributed by atoms with Crippen molar-refractivity contribution in [1.29, 1.82) is 0 Å². The topological polar surface area (TPSA) is 88.9 Å². The average molecular weight is 377 g/mol. The molecule has 0 saturated carbocycles. The third kappa shape index (κ3) is 4.62. The summed E-state index contributed by atoms with van der Waals surface area (Å²) in [5.41, 5.74) is 5.89. The molecular weight excluding hydrogens is 354 g/mol. The van der Waals surface area contributed by atoms with Gasteiger partial charge in [-0.3, -0.25) is 9.59 Å². The minimum Gasteiger partial charge on any atom is -0.324 e. The van der Waals surface area contributed by atoms with Gasteiger partial charge in [0.1, 0.15) is 12.9 Å². The maximum atomic E-state index is 12.3. The van der Waals surface area contributed by atoms with Crippen molar-refractivity contribution in [3.63, 3.8) is 0 Å². The molecule has 1 aromatic heterocycles. The number of nitrogens with zero attached hydrogens (tertiary/aromatic N) is 3. The lowest BCUT2D eigenvalue weighted by molar-refractivity contribution is -0.116. The summed E-state index contributed by atoms with van der Waals surface area (Å²) in [4.78, 5) is 28.5. The molecule has 0 aliphatic carbocycles. The van der Waals surface area contributed by atoms with Gasteiger partial charge in [0.25, 0.3) is 5.91 Å². The molecule has 0 aliphatic rings. The van der Waals surface area contributed by atoms with E-state index in [-0.39, 0.29) is 18.3 Å². The number of rotatable bonds is 5. The Morgan fingerprint density at radius 3 is 2.00 bits per heavy atom. The second-order valence-corrected chi connectivity index (χ2v) is 6.87. The van der Waals surface area contributed by atoms with Crippen LogP contribution in [-0.4, -0.2) is 26.6 Å². The standard InChI is InChI=1S/C21H23N5O2/c1-13-5-7-17(9-15(13)3)23-19(27)11-26-12-22-20(25-26)21(28)24-18-8-6-14(2)16(4)10-18/h5-10,12H,11H2,1-4H3,(H,23,27)(H,24,28). The first-order valence-electron chi connectivity index (χ1n) is 8.97. The summed E-state index contributed by atoms with van der Waals surface area (Å²) in [7, 11) is 0. The summed E-state index contributed by atoms with van der Waals surface area (Å²) < 4.78 is 1.34. The third-order valence-electron chi connectivity index (χ3n) is 4.60. The highest BCUT2D eigenvalue weighted by Gasteiger charge is 2.14. The van der Waals surface area contributed by atoms with Crippen molar-refractivity contribution >= 4 is 23.2 Å². The Hall–Kier alpha value is -3.48. The van der Waals surface area contributed by atoms with E-state index in [0.29, 0.717) is 5.69 Å². The van der Waals surface area contributed by atoms with Gasteiger partial charge in [-0.2, -0.15) is 0 Å². The van der Waals surface area contributed by atoms with Crippen LogP contribution in [0.2, 0.25) is 0 Å². The third-order valence-corrected chi connectivity index (χ3v) is 4.60. The fourth-order valence-electron chi connectivity index (χ4n) is 2.65. The van der Waals surface area contributed by atoms with Crippen molar-refractivity contribution in [3.05, 3.63) is 70.8 Å². The molecule has 0 aliphatic heterocycles. The van der Waals surface area contributed by atoms with Crippen LogP contribution in [0.5, 0.6) is 0 Å². The Kier molecular flexibility index (Phi) is 5.54. The summed E-state index contributed by atoms with van der Waals surface area (Å²) in [5.74, 6) is -0.650. The summed E-state index contributed by atoms with van der Waals surface area (Å²) in [6.07, 6.45) is 1.37. The highest BCUT2D eigenvalue weighted by Crippen LogP contribution is 2.15. The van der Waals surface area contributed by atoms with Crippen LogP contribution in [0, 0.1) is 27.7 Å². The molecule has 2 N–H and O–H groups in total. The Morgan fingerprint density at radius 2 is 1.43 bits per heavy atom. The van der Waals surface area contributed by atoms with Crippen LogP contribution in [0.4, 0.5) is 11.4 Å². The van der Waals surface area contributed by atoms with E-state index in [9.17, 15) is 9.59 Å². The number of hydrogen-bond acceptors (Lipinski definition) is 4. The van der Waals surface area contributed by atoms with Crippen molar-refractivity contribution in [2.75, 3.05) is 10.6 Å². The van der Waals surface area contributed by atoms with E-state index in [1.54, 1.807) is 0 Å². The lowest BCUT2D eigenvalue weighted by Crippen LogP contribution is -2.20. The van der Waals surface area contributed by atoms with Gasteiger partial charge in [-0.1, -0.05) is 12.1 Å². The number of aromatic nitrogens is 3. The lowest BCUT2D eigenvalue weighted by atomic mass is 10.1. The van der Waals surface area contributed by atoms with Crippen molar-refractivity contribution in [2.45, 2.75) is 34.2 Å². The van der Waals surface area contributed by atoms with Crippen molar-refractivity contribution in [2.24, 2.45) is 0 Å². The highest BCUT2D eigenvalue weighted by atomic mass is 16.2. The number of hydrogen-bond donors (Lipinski definition) is 2. The van der Waals surface area contributed by atoms with Crippen molar-refractivity contribution < 1.29 is 9.59 Å². The second-order valence-electron chi connectivity index (χ2n) is 6.87. The van der Waals surface area contributed by atoms with E-state index in [1.807, 2.05) is 64.1 Å². The summed E-state index contributed by atoms with van der Waals surface area (Å²) in [5, 5.41) is 9.68. The van der Waals surface area contributed by atoms with Gasteiger partial charge in [0, 0.05) is 11.4 Å². The Morgan fingerprint density at radius 1 is 0.857 bits per heavy atom. The monoisotopic (exact) mass is 377 g/mol. The van der Waals surface area contributed by atoms with Crippen LogP contribution in [-0.2, 0) is 11.3 Å². The maximum Gasteiger partial charge on any atom is 0.295 e. The number of aryl methyl sites for hydroxylation is 4. The molecule has 28 heavy (non-hydrogen) atoms. The molecule has 3 aromatic rings. The Balaban J connectivity index is 1.61. The fourth-order valence-corrected chi connectivity index (χ4v) is 2.65. The normalized spacial score (nSPS) is 10.6. The van der Waals surface area contributed by atoms with E-state index < -0.39 is 5.91 Å². The lowest BCUT2D eigenvalue weighted by Gasteiger charge is -2.07. The van der Waals surface area contributed by atoms with Gasteiger partial charge in [-0.15, -0.1) is 5.10 Å². The highest BCUT2D eigenvalue weighted by molar-refractivity contribution is 6.01. The maximum absolute atomic E-state index is 12.3. The van der Waals surface area contributed by atoms with E-state index in [2.05, 4.69) is 20.7 Å². The quantitative estimate of drug-likeness (QED) is 0.713. The van der Waals surface area contributed by atoms with Crippen LogP contribution in [0.3, 0.4) is 0 Å². The molecule has 0 atom stereocenters. The van der Waals surface area contributed by atoms with Crippen LogP contribution < -0.4 is 10.6 Å². The van der Waals surface area contributed by atoms with Gasteiger partial charge < -0.3 is 10.6 Å². The van der Waals surface area contributed by atoms with Crippen LogP contribution >= 0.6 is 0 Å². The van der Waals surface area contributed by atoms with Gasteiger partial charge in [-0.25, -0.2) is 9.67 Å². The van der Waals surface area contributed by atoms with Crippen LogP contribution in [0.1, 0.15) is 32.9 Å². The number of carbonyl (C=O) groups excluding carboxylic acids is 2.